The van der Waals surface area contributed by atoms with E-state index >= 15 is 0 Å². The van der Waals surface area contributed by atoms with Gasteiger partial charge in [0.2, 0.25) is 5.91 Å². The first-order valence-corrected chi connectivity index (χ1v) is 5.64. The van der Waals surface area contributed by atoms with Gasteiger partial charge in [-0.2, -0.15) is 0 Å². The van der Waals surface area contributed by atoms with Crippen LogP contribution in [-0.2, 0) is 4.79 Å². The minimum Gasteiger partial charge on any atom is -0.346 e. The number of benzene rings is 1. The second kappa shape index (κ2) is 4.24. The first-order chi connectivity index (χ1) is 7.65. The van der Waals surface area contributed by atoms with Gasteiger partial charge in [-0.3, -0.25) is 4.79 Å². The van der Waals surface area contributed by atoms with Crippen molar-refractivity contribution < 1.29 is 9.18 Å². The van der Waals surface area contributed by atoms with Crippen LogP contribution in [0.15, 0.2) is 24.3 Å². The maximum atomic E-state index is 13.5. The normalized spacial score (nSPS) is 22.9. The van der Waals surface area contributed by atoms with E-state index in [1.54, 1.807) is 24.1 Å². The highest BCUT2D eigenvalue weighted by atomic mass is 19.1. The Balaban J connectivity index is 2.07. The molecule has 0 bridgehead atoms. The Kier molecular flexibility index (Phi) is 2.95. The van der Waals surface area contributed by atoms with Crippen LogP contribution in [0.5, 0.6) is 0 Å². The van der Waals surface area contributed by atoms with Crippen molar-refractivity contribution in [1.82, 2.24) is 4.90 Å². The summed E-state index contributed by atoms with van der Waals surface area (Å²) in [6.45, 7) is 2.65. The summed E-state index contributed by atoms with van der Waals surface area (Å²) in [7, 11) is 1.79. The maximum absolute atomic E-state index is 13.5. The minimum atomic E-state index is -0.193. The fourth-order valence-electron chi connectivity index (χ4n) is 2.03. The molecule has 0 spiro atoms. The third-order valence-corrected chi connectivity index (χ3v) is 3.26. The summed E-state index contributed by atoms with van der Waals surface area (Å²) in [4.78, 5) is 13.5. The summed E-state index contributed by atoms with van der Waals surface area (Å²) in [6, 6.07) is 6.73. The molecule has 0 aliphatic heterocycles. The van der Waals surface area contributed by atoms with Gasteiger partial charge in [0.1, 0.15) is 5.82 Å². The summed E-state index contributed by atoms with van der Waals surface area (Å²) in [5.41, 5.74) is 0.686. The molecule has 1 aromatic rings. The Labute approximate surface area is 95.1 Å². The number of carbonyl (C=O) groups is 1. The van der Waals surface area contributed by atoms with E-state index in [0.29, 0.717) is 12.1 Å². The molecule has 2 nitrogen and oxygen atoms in total. The lowest BCUT2D eigenvalue weighted by molar-refractivity contribution is -0.131. The molecule has 0 aromatic heterocycles. The lowest BCUT2D eigenvalue weighted by atomic mass is 10.1. The second-order valence-corrected chi connectivity index (χ2v) is 4.32. The summed E-state index contributed by atoms with van der Waals surface area (Å²) >= 11 is 0. The number of rotatable bonds is 3. The molecular formula is C13H16FNO. The van der Waals surface area contributed by atoms with Crippen LogP contribution in [0.25, 0.3) is 0 Å². The Morgan fingerprint density at radius 1 is 1.50 bits per heavy atom. The number of hydrogen-bond acceptors (Lipinski definition) is 1. The Hall–Kier alpha value is -1.38. The van der Waals surface area contributed by atoms with Crippen molar-refractivity contribution in [1.29, 1.82) is 0 Å². The molecule has 0 radical (unpaired) electrons. The van der Waals surface area contributed by atoms with Crippen LogP contribution >= 0.6 is 0 Å². The Bertz CT molecular complexity index is 405. The van der Waals surface area contributed by atoms with E-state index in [9.17, 15) is 9.18 Å². The lowest BCUT2D eigenvalue weighted by Gasteiger charge is -2.14. The van der Waals surface area contributed by atoms with Crippen molar-refractivity contribution in [3.8, 4) is 0 Å². The van der Waals surface area contributed by atoms with Gasteiger partial charge in [0.15, 0.2) is 0 Å². The molecule has 0 heterocycles. The van der Waals surface area contributed by atoms with Crippen LogP contribution in [0.3, 0.4) is 0 Å². The quantitative estimate of drug-likeness (QED) is 0.767. The Morgan fingerprint density at radius 2 is 2.19 bits per heavy atom. The molecule has 1 aliphatic carbocycles. The fourth-order valence-corrected chi connectivity index (χ4v) is 2.03. The van der Waals surface area contributed by atoms with Gasteiger partial charge in [-0.05, 0) is 30.9 Å². The van der Waals surface area contributed by atoms with Crippen molar-refractivity contribution >= 4 is 5.91 Å². The van der Waals surface area contributed by atoms with E-state index in [-0.39, 0.29) is 23.6 Å². The molecule has 2 unspecified atom stereocenters. The average Bonchev–Trinajstić information content (AvgIpc) is 3.07. The van der Waals surface area contributed by atoms with Crippen LogP contribution in [0, 0.1) is 11.7 Å². The molecule has 86 valence electrons. The van der Waals surface area contributed by atoms with Crippen LogP contribution in [0.4, 0.5) is 4.39 Å². The second-order valence-electron chi connectivity index (χ2n) is 4.32. The molecule has 1 fully saturated rings. The summed E-state index contributed by atoms with van der Waals surface area (Å²) in [5.74, 6) is 0.0160. The van der Waals surface area contributed by atoms with Gasteiger partial charge in [0.25, 0.3) is 0 Å². The number of amides is 1. The monoisotopic (exact) mass is 221 g/mol. The van der Waals surface area contributed by atoms with Crippen LogP contribution in [-0.4, -0.2) is 24.4 Å². The smallest absolute Gasteiger partial charge is 0.226 e. The van der Waals surface area contributed by atoms with E-state index in [0.717, 1.165) is 6.42 Å². The molecular weight excluding hydrogens is 205 g/mol. The third-order valence-electron chi connectivity index (χ3n) is 3.26. The summed E-state index contributed by atoms with van der Waals surface area (Å²) in [5, 5.41) is 0. The predicted molar refractivity (Wildman–Crippen MR) is 60.6 cm³/mol. The first kappa shape index (κ1) is 11.1. The molecule has 1 aromatic carbocycles. The lowest BCUT2D eigenvalue weighted by Crippen LogP contribution is -2.28. The van der Waals surface area contributed by atoms with Crippen molar-refractivity contribution in [2.45, 2.75) is 19.3 Å². The molecule has 0 saturated heterocycles. The van der Waals surface area contributed by atoms with E-state index in [1.807, 2.05) is 13.0 Å². The van der Waals surface area contributed by atoms with Crippen molar-refractivity contribution in [3.05, 3.63) is 35.6 Å². The third kappa shape index (κ3) is 1.94. The van der Waals surface area contributed by atoms with Crippen LogP contribution in [0.2, 0.25) is 0 Å². The van der Waals surface area contributed by atoms with Gasteiger partial charge in [0, 0.05) is 19.5 Å². The molecule has 1 aliphatic rings. The van der Waals surface area contributed by atoms with Crippen LogP contribution in [0.1, 0.15) is 24.8 Å². The predicted octanol–water partition coefficient (Wildman–Crippen LogP) is 2.41. The van der Waals surface area contributed by atoms with Crippen molar-refractivity contribution in [2.75, 3.05) is 13.6 Å². The number of hydrogen-bond donors (Lipinski definition) is 0. The highest BCUT2D eigenvalue weighted by Gasteiger charge is 2.45. The van der Waals surface area contributed by atoms with E-state index in [1.165, 1.54) is 6.07 Å². The van der Waals surface area contributed by atoms with Gasteiger partial charge < -0.3 is 4.90 Å². The molecule has 1 saturated carbocycles. The van der Waals surface area contributed by atoms with Crippen LogP contribution < -0.4 is 0 Å². The topological polar surface area (TPSA) is 20.3 Å². The standard InChI is InChI=1S/C13H16FNO/c1-3-15(2)13(16)11-8-10(11)9-6-4-5-7-12(9)14/h4-7,10-11H,3,8H2,1-2H3. The zero-order valence-corrected chi connectivity index (χ0v) is 9.61. The zero-order valence-electron chi connectivity index (χ0n) is 9.61. The van der Waals surface area contributed by atoms with Gasteiger partial charge in [-0.15, -0.1) is 0 Å². The van der Waals surface area contributed by atoms with E-state index in [4.69, 9.17) is 0 Å². The molecule has 3 heteroatoms. The average molecular weight is 221 g/mol. The molecule has 1 amide bonds. The number of carbonyl (C=O) groups excluding carboxylic acids is 1. The Morgan fingerprint density at radius 3 is 2.81 bits per heavy atom. The van der Waals surface area contributed by atoms with Gasteiger partial charge in [-0.25, -0.2) is 4.39 Å². The molecule has 2 rings (SSSR count). The maximum Gasteiger partial charge on any atom is 0.226 e. The fraction of sp³-hybridized carbons (Fsp3) is 0.462. The summed E-state index contributed by atoms with van der Waals surface area (Å²) < 4.78 is 13.5. The minimum absolute atomic E-state index is 0.0122. The van der Waals surface area contributed by atoms with Gasteiger partial charge >= 0.3 is 0 Å². The SMILES string of the molecule is CCN(C)C(=O)C1CC1c1ccccc1F. The number of halogens is 1. The number of nitrogens with zero attached hydrogens (tertiary/aromatic N) is 1. The van der Waals surface area contributed by atoms with Crippen molar-refractivity contribution in [2.24, 2.45) is 5.92 Å². The van der Waals surface area contributed by atoms with Crippen molar-refractivity contribution in [3.63, 3.8) is 0 Å². The molecule has 0 N–H and O–H groups in total. The first-order valence-electron chi connectivity index (χ1n) is 5.64. The van der Waals surface area contributed by atoms with Gasteiger partial charge in [0.05, 0.1) is 0 Å². The highest BCUT2D eigenvalue weighted by molar-refractivity contribution is 5.82. The largest absolute Gasteiger partial charge is 0.346 e. The molecule has 16 heavy (non-hydrogen) atoms. The van der Waals surface area contributed by atoms with E-state index in [2.05, 4.69) is 0 Å². The summed E-state index contributed by atoms with van der Waals surface area (Å²) in [6.07, 6.45) is 0.782. The van der Waals surface area contributed by atoms with Gasteiger partial charge in [-0.1, -0.05) is 18.2 Å². The zero-order chi connectivity index (χ0) is 11.7. The molecule has 2 atom stereocenters. The van der Waals surface area contributed by atoms with E-state index < -0.39 is 0 Å². The highest BCUT2D eigenvalue weighted by Crippen LogP contribution is 2.48.